The molecule has 0 atom stereocenters. The first kappa shape index (κ1) is 2.46. The smallest absolute Gasteiger partial charge is 0.0372 e. The molecule has 0 fully saturated rings. The van der Waals surface area contributed by atoms with Crippen LogP contribution in [-0.2, 0) is 0 Å². The molecule has 0 N–H and O–H groups in total. The van der Waals surface area contributed by atoms with Gasteiger partial charge in [0.15, 0.2) is 0 Å². The summed E-state index contributed by atoms with van der Waals surface area (Å²) in [7, 11) is 0. The van der Waals surface area contributed by atoms with Crippen LogP contribution in [0.4, 0.5) is 0 Å². The first-order chi connectivity index (χ1) is 4.30. The SMILES string of the molecule is [2H]C([2H])c1ccccn1. The predicted octanol–water partition coefficient (Wildman–Crippen LogP) is 1.39. The molecule has 0 bridgehead atoms. The topological polar surface area (TPSA) is 12.9 Å². The second-order valence-electron chi connectivity index (χ2n) is 1.25. The minimum absolute atomic E-state index is 0.498. The molecule has 1 nitrogen and oxygen atoms in total. The van der Waals surface area contributed by atoms with E-state index in [2.05, 4.69) is 4.98 Å². The van der Waals surface area contributed by atoms with Gasteiger partial charge in [0.1, 0.15) is 0 Å². The molecule has 36 valence electrons. The number of aromatic nitrogens is 1. The maximum absolute atomic E-state index is 6.92. The molecular formula is C6H7N. The first-order valence-electron chi connectivity index (χ1n) is 3.21. The summed E-state index contributed by atoms with van der Waals surface area (Å²) in [6, 6.07) is 5.22. The molecule has 0 aliphatic heterocycles. The monoisotopic (exact) mass is 95.1 g/mol. The Labute approximate surface area is 45.8 Å². The Morgan fingerprint density at radius 1 is 1.71 bits per heavy atom. The van der Waals surface area contributed by atoms with E-state index in [0.717, 1.165) is 0 Å². The molecule has 0 saturated heterocycles. The van der Waals surface area contributed by atoms with Crippen molar-refractivity contribution < 1.29 is 2.74 Å². The third-order valence-corrected chi connectivity index (χ3v) is 0.688. The summed E-state index contributed by atoms with van der Waals surface area (Å²) >= 11 is 0. The Morgan fingerprint density at radius 3 is 3.14 bits per heavy atom. The standard InChI is InChI=1S/C6H7N/c1-6-4-2-3-5-7-6/h2-5H,1H3/i1D2. The van der Waals surface area contributed by atoms with E-state index in [-0.39, 0.29) is 0 Å². The third kappa shape index (κ3) is 1.000. The summed E-state index contributed by atoms with van der Waals surface area (Å²) in [6.07, 6.45) is 1.59. The van der Waals surface area contributed by atoms with Gasteiger partial charge in [-0.2, -0.15) is 0 Å². The van der Waals surface area contributed by atoms with Crippen molar-refractivity contribution in [1.82, 2.24) is 4.98 Å². The van der Waals surface area contributed by atoms with E-state index in [4.69, 9.17) is 2.74 Å². The van der Waals surface area contributed by atoms with Gasteiger partial charge in [0, 0.05) is 14.6 Å². The van der Waals surface area contributed by atoms with Crippen LogP contribution in [-0.4, -0.2) is 4.98 Å². The number of aryl methyl sites for hydroxylation is 1. The van der Waals surface area contributed by atoms with Crippen molar-refractivity contribution in [3.63, 3.8) is 0 Å². The summed E-state index contributed by atoms with van der Waals surface area (Å²) in [5.41, 5.74) is 0.498. The van der Waals surface area contributed by atoms with Crippen molar-refractivity contribution in [3.8, 4) is 0 Å². The lowest BCUT2D eigenvalue weighted by Gasteiger charge is -1.82. The molecule has 1 aromatic heterocycles. The van der Waals surface area contributed by atoms with Gasteiger partial charge < -0.3 is 0 Å². The van der Waals surface area contributed by atoms with Gasteiger partial charge in [0.05, 0.1) is 0 Å². The highest BCUT2D eigenvalue weighted by Gasteiger charge is 1.73. The van der Waals surface area contributed by atoms with Crippen LogP contribution in [0.3, 0.4) is 0 Å². The van der Waals surface area contributed by atoms with Gasteiger partial charge >= 0.3 is 0 Å². The third-order valence-electron chi connectivity index (χ3n) is 0.688. The van der Waals surface area contributed by atoms with E-state index in [0.29, 0.717) is 5.69 Å². The second kappa shape index (κ2) is 1.73. The zero-order chi connectivity index (χ0) is 6.69. The summed E-state index contributed by atoms with van der Waals surface area (Å²) in [4.78, 5) is 3.80. The minimum Gasteiger partial charge on any atom is -0.262 e. The largest absolute Gasteiger partial charge is 0.262 e. The zero-order valence-electron chi connectivity index (χ0n) is 5.83. The van der Waals surface area contributed by atoms with Crippen LogP contribution >= 0.6 is 0 Å². The van der Waals surface area contributed by atoms with E-state index in [1.165, 1.54) is 0 Å². The molecule has 0 aromatic carbocycles. The molecule has 0 unspecified atom stereocenters. The van der Waals surface area contributed by atoms with Gasteiger partial charge in [-0.1, -0.05) is 6.07 Å². The van der Waals surface area contributed by atoms with Crippen molar-refractivity contribution in [1.29, 1.82) is 0 Å². The van der Waals surface area contributed by atoms with Crippen molar-refractivity contribution >= 4 is 0 Å². The molecule has 0 saturated carbocycles. The van der Waals surface area contributed by atoms with Crippen molar-refractivity contribution in [2.24, 2.45) is 0 Å². The average Bonchev–Trinajstić information content (AvgIpc) is 1.90. The van der Waals surface area contributed by atoms with Crippen LogP contribution in [0.2, 0.25) is 0 Å². The minimum atomic E-state index is -0.953. The van der Waals surface area contributed by atoms with Crippen molar-refractivity contribution in [2.75, 3.05) is 0 Å². The van der Waals surface area contributed by atoms with Crippen molar-refractivity contribution in [3.05, 3.63) is 30.1 Å². The fourth-order valence-corrected chi connectivity index (χ4v) is 0.376. The maximum Gasteiger partial charge on any atom is 0.0372 e. The fraction of sp³-hybridized carbons (Fsp3) is 0.167. The van der Waals surface area contributed by atoms with E-state index >= 15 is 0 Å². The lowest BCUT2D eigenvalue weighted by Crippen LogP contribution is -1.72. The Bertz CT molecular complexity index is 174. The van der Waals surface area contributed by atoms with Crippen LogP contribution in [0.15, 0.2) is 24.4 Å². The van der Waals surface area contributed by atoms with Crippen LogP contribution in [0.5, 0.6) is 0 Å². The number of pyridine rings is 1. The summed E-state index contributed by atoms with van der Waals surface area (Å²) in [6.45, 7) is -0.953. The Morgan fingerprint density at radius 2 is 2.71 bits per heavy atom. The predicted molar refractivity (Wildman–Crippen MR) is 29.0 cm³/mol. The summed E-state index contributed by atoms with van der Waals surface area (Å²) in [5, 5.41) is 0. The van der Waals surface area contributed by atoms with Gasteiger partial charge in [-0.3, -0.25) is 4.98 Å². The van der Waals surface area contributed by atoms with Gasteiger partial charge in [-0.25, -0.2) is 0 Å². The Hall–Kier alpha value is -0.850. The van der Waals surface area contributed by atoms with Crippen LogP contribution in [0.25, 0.3) is 0 Å². The number of rotatable bonds is 0. The van der Waals surface area contributed by atoms with Gasteiger partial charge in [0.2, 0.25) is 0 Å². The quantitative estimate of drug-likeness (QED) is 0.474. The molecule has 1 rings (SSSR count). The van der Waals surface area contributed by atoms with Crippen LogP contribution in [0.1, 0.15) is 8.44 Å². The Balaban J connectivity index is 2.85. The van der Waals surface area contributed by atoms with Gasteiger partial charge in [0.25, 0.3) is 0 Å². The normalized spacial score (nSPS) is 13.3. The molecule has 1 aromatic rings. The van der Waals surface area contributed by atoms with Crippen molar-refractivity contribution in [2.45, 2.75) is 6.88 Å². The molecule has 0 radical (unpaired) electrons. The maximum atomic E-state index is 6.92. The molecule has 0 spiro atoms. The lowest BCUT2D eigenvalue weighted by molar-refractivity contribution is 1.20. The van der Waals surface area contributed by atoms with Gasteiger partial charge in [-0.05, 0) is 19.0 Å². The highest BCUT2D eigenvalue weighted by atomic mass is 14.6. The zero-order valence-corrected chi connectivity index (χ0v) is 3.83. The molecular weight excluding hydrogens is 86.1 g/mol. The van der Waals surface area contributed by atoms with Gasteiger partial charge in [-0.15, -0.1) is 0 Å². The molecule has 0 aliphatic rings. The van der Waals surface area contributed by atoms with E-state index in [1.807, 2.05) is 0 Å². The average molecular weight is 95.1 g/mol. The lowest BCUT2D eigenvalue weighted by atomic mass is 10.4. The number of hydrogen-bond acceptors (Lipinski definition) is 1. The Kier molecular flexibility index (Phi) is 0.609. The summed E-state index contributed by atoms with van der Waals surface area (Å²) in [5.74, 6) is 0. The molecule has 1 heterocycles. The molecule has 7 heavy (non-hydrogen) atoms. The number of nitrogens with zero attached hydrogens (tertiary/aromatic N) is 1. The second-order valence-corrected chi connectivity index (χ2v) is 1.25. The number of hydrogen-bond donors (Lipinski definition) is 0. The molecule has 0 aliphatic carbocycles. The highest BCUT2D eigenvalue weighted by molar-refractivity contribution is 4.99. The highest BCUT2D eigenvalue weighted by Crippen LogP contribution is 1.85. The fourth-order valence-electron chi connectivity index (χ4n) is 0.376. The molecule has 1 heteroatoms. The summed E-state index contributed by atoms with van der Waals surface area (Å²) < 4.78 is 13.8. The van der Waals surface area contributed by atoms with Crippen LogP contribution < -0.4 is 0 Å². The first-order valence-corrected chi connectivity index (χ1v) is 2.06. The van der Waals surface area contributed by atoms with E-state index < -0.39 is 6.88 Å². The van der Waals surface area contributed by atoms with Crippen LogP contribution in [0, 0.1) is 6.88 Å². The van der Waals surface area contributed by atoms with E-state index in [1.54, 1.807) is 24.4 Å². The molecule has 0 amide bonds. The van der Waals surface area contributed by atoms with E-state index in [9.17, 15) is 0 Å².